The summed E-state index contributed by atoms with van der Waals surface area (Å²) < 4.78 is 41.2. The molecule has 0 aromatic heterocycles. The van der Waals surface area contributed by atoms with E-state index in [-0.39, 0.29) is 29.2 Å². The molecule has 2 rings (SSSR count). The Bertz CT molecular complexity index is 922. The van der Waals surface area contributed by atoms with Crippen LogP contribution in [0.15, 0.2) is 41.0 Å². The molecule has 1 aliphatic rings. The van der Waals surface area contributed by atoms with E-state index in [1.807, 2.05) is 6.92 Å². The fraction of sp³-hybridized carbons (Fsp3) is 0.565. The van der Waals surface area contributed by atoms with Gasteiger partial charge in [0.15, 0.2) is 0 Å². The zero-order valence-corrected chi connectivity index (χ0v) is 20.2. The number of hydrogen-bond donors (Lipinski definition) is 1. The molecular formula is C23H33NO7S. The Morgan fingerprint density at radius 3 is 2.22 bits per heavy atom. The van der Waals surface area contributed by atoms with Gasteiger partial charge in [0.1, 0.15) is 16.3 Å². The monoisotopic (exact) mass is 467 g/mol. The van der Waals surface area contributed by atoms with Crippen LogP contribution < -0.4 is 5.32 Å². The van der Waals surface area contributed by atoms with Crippen LogP contribution in [-0.2, 0) is 28.6 Å². The van der Waals surface area contributed by atoms with Crippen LogP contribution in [0.3, 0.4) is 0 Å². The molecule has 32 heavy (non-hydrogen) atoms. The first-order chi connectivity index (χ1) is 14.9. The Kier molecular flexibility index (Phi) is 8.72. The van der Waals surface area contributed by atoms with Crippen LogP contribution in [0, 0.1) is 12.8 Å². The maximum atomic E-state index is 12.8. The molecule has 1 aliphatic carbocycles. The largest absolute Gasteiger partial charge is 0.463 e. The lowest BCUT2D eigenvalue weighted by Gasteiger charge is -2.30. The summed E-state index contributed by atoms with van der Waals surface area (Å²) in [5.74, 6) is -0.897. The van der Waals surface area contributed by atoms with Crippen LogP contribution in [0.25, 0.3) is 0 Å². The minimum absolute atomic E-state index is 0.0122. The van der Waals surface area contributed by atoms with Crippen molar-refractivity contribution in [2.75, 3.05) is 6.61 Å². The summed E-state index contributed by atoms with van der Waals surface area (Å²) >= 11 is 0. The van der Waals surface area contributed by atoms with Gasteiger partial charge in [0.05, 0.1) is 12.7 Å². The van der Waals surface area contributed by atoms with Crippen molar-refractivity contribution in [2.24, 2.45) is 5.92 Å². The Morgan fingerprint density at radius 1 is 1.09 bits per heavy atom. The average Bonchev–Trinajstić information content (AvgIpc) is 2.67. The highest BCUT2D eigenvalue weighted by Gasteiger charge is 2.30. The van der Waals surface area contributed by atoms with E-state index in [0.29, 0.717) is 25.7 Å². The Labute approximate surface area is 190 Å². The summed E-state index contributed by atoms with van der Waals surface area (Å²) in [5, 5.41) is 2.84. The van der Waals surface area contributed by atoms with Crippen LogP contribution in [0.2, 0.25) is 0 Å². The predicted molar refractivity (Wildman–Crippen MR) is 119 cm³/mol. The number of amides is 1. The predicted octanol–water partition coefficient (Wildman–Crippen LogP) is 4.23. The smallest absolute Gasteiger partial charge is 0.407 e. The molecule has 0 spiro atoms. The molecule has 0 bridgehead atoms. The molecule has 1 fully saturated rings. The molecule has 1 amide bonds. The highest BCUT2D eigenvalue weighted by molar-refractivity contribution is 7.86. The lowest BCUT2D eigenvalue weighted by atomic mass is 9.84. The lowest BCUT2D eigenvalue weighted by molar-refractivity contribution is -0.137. The van der Waals surface area contributed by atoms with E-state index in [4.69, 9.17) is 13.7 Å². The maximum Gasteiger partial charge on any atom is 0.407 e. The number of carbonyl (C=O) groups is 2. The van der Waals surface area contributed by atoms with E-state index in [0.717, 1.165) is 11.6 Å². The number of rotatable bonds is 7. The summed E-state index contributed by atoms with van der Waals surface area (Å²) in [6.45, 7) is 9.07. The van der Waals surface area contributed by atoms with Gasteiger partial charge in [0.25, 0.3) is 0 Å². The molecule has 0 atom stereocenters. The Morgan fingerprint density at radius 2 is 1.69 bits per heavy atom. The van der Waals surface area contributed by atoms with Gasteiger partial charge in [-0.15, -0.1) is 0 Å². The lowest BCUT2D eigenvalue weighted by Crippen LogP contribution is -2.41. The second-order valence-electron chi connectivity index (χ2n) is 8.84. The van der Waals surface area contributed by atoms with E-state index >= 15 is 0 Å². The average molecular weight is 468 g/mol. The minimum Gasteiger partial charge on any atom is -0.463 e. The molecule has 1 saturated carbocycles. The molecule has 178 valence electrons. The molecule has 0 heterocycles. The van der Waals surface area contributed by atoms with Crippen molar-refractivity contribution < 1.29 is 31.7 Å². The van der Waals surface area contributed by atoms with Crippen LogP contribution in [0.5, 0.6) is 0 Å². The number of alkyl carbamates (subject to hydrolysis) is 1. The van der Waals surface area contributed by atoms with Crippen LogP contribution >= 0.6 is 0 Å². The molecule has 8 nitrogen and oxygen atoms in total. The van der Waals surface area contributed by atoms with Crippen molar-refractivity contribution in [3.8, 4) is 0 Å². The van der Waals surface area contributed by atoms with Crippen molar-refractivity contribution in [1.82, 2.24) is 5.32 Å². The number of aryl methyl sites for hydroxylation is 1. The molecule has 0 radical (unpaired) electrons. The minimum atomic E-state index is -4.10. The van der Waals surface area contributed by atoms with Gasteiger partial charge in [0.2, 0.25) is 0 Å². The number of nitrogens with one attached hydrogen (secondary N) is 1. The third kappa shape index (κ3) is 8.18. The third-order valence-electron chi connectivity index (χ3n) is 4.91. The van der Waals surface area contributed by atoms with E-state index in [9.17, 15) is 18.0 Å². The first-order valence-electron chi connectivity index (χ1n) is 10.8. The van der Waals surface area contributed by atoms with Crippen LogP contribution in [0.4, 0.5) is 4.79 Å². The standard InChI is InChI=1S/C23H33NO7S/c1-6-29-21(25)15-20(31-32(27,28)19-13-7-16(2)8-14-19)17-9-11-18(12-10-17)24-22(26)30-23(3,4)5/h7-8,13-15,17-18H,6,9-12H2,1-5H3,(H,24,26)/b20-15-. The third-order valence-corrected chi connectivity index (χ3v) is 6.17. The van der Waals surface area contributed by atoms with Crippen LogP contribution in [0.1, 0.15) is 58.9 Å². The molecule has 1 aromatic rings. The van der Waals surface area contributed by atoms with Crippen molar-refractivity contribution in [1.29, 1.82) is 0 Å². The second kappa shape index (κ2) is 10.8. The second-order valence-corrected chi connectivity index (χ2v) is 10.4. The Hall–Kier alpha value is -2.55. The van der Waals surface area contributed by atoms with Gasteiger partial charge >= 0.3 is 22.2 Å². The molecular weight excluding hydrogens is 434 g/mol. The quantitative estimate of drug-likeness (QED) is 0.277. The summed E-state index contributed by atoms with van der Waals surface area (Å²) in [4.78, 5) is 24.1. The molecule has 1 N–H and O–H groups in total. The molecule has 0 aliphatic heterocycles. The van der Waals surface area contributed by atoms with E-state index in [1.54, 1.807) is 39.8 Å². The van der Waals surface area contributed by atoms with E-state index in [1.165, 1.54) is 12.1 Å². The van der Waals surface area contributed by atoms with E-state index < -0.39 is 27.8 Å². The van der Waals surface area contributed by atoms with Gasteiger partial charge < -0.3 is 19.0 Å². The van der Waals surface area contributed by atoms with Gasteiger partial charge in [-0.25, -0.2) is 9.59 Å². The normalized spacial score (nSPS) is 19.7. The van der Waals surface area contributed by atoms with Gasteiger partial charge in [-0.3, -0.25) is 0 Å². The van der Waals surface area contributed by atoms with E-state index in [2.05, 4.69) is 5.32 Å². The zero-order chi connectivity index (χ0) is 23.9. The topological polar surface area (TPSA) is 108 Å². The number of hydrogen-bond acceptors (Lipinski definition) is 7. The first kappa shape index (κ1) is 25.7. The zero-order valence-electron chi connectivity index (χ0n) is 19.3. The number of carbonyl (C=O) groups excluding carboxylic acids is 2. The SMILES string of the molecule is CCOC(=O)/C=C(\OS(=O)(=O)c1ccc(C)cc1)C1CCC(NC(=O)OC(C)(C)C)CC1. The number of ether oxygens (including phenoxy) is 2. The van der Waals surface area contributed by atoms with Crippen molar-refractivity contribution in [3.05, 3.63) is 41.7 Å². The van der Waals surface area contributed by atoms with Crippen molar-refractivity contribution in [2.45, 2.75) is 76.8 Å². The number of esters is 1. The van der Waals surface area contributed by atoms with Gasteiger partial charge in [-0.1, -0.05) is 17.7 Å². The molecule has 0 unspecified atom stereocenters. The Balaban J connectivity index is 2.11. The summed E-state index contributed by atoms with van der Waals surface area (Å²) in [6, 6.07) is 6.19. The summed E-state index contributed by atoms with van der Waals surface area (Å²) in [6.07, 6.45) is 2.89. The van der Waals surface area contributed by atoms with Gasteiger partial charge in [0, 0.05) is 12.0 Å². The number of benzene rings is 1. The molecule has 9 heteroatoms. The molecule has 1 aromatic carbocycles. The summed E-state index contributed by atoms with van der Waals surface area (Å²) in [7, 11) is -4.10. The van der Waals surface area contributed by atoms with Crippen LogP contribution in [-0.4, -0.2) is 38.7 Å². The fourth-order valence-electron chi connectivity index (χ4n) is 3.39. The summed E-state index contributed by atoms with van der Waals surface area (Å²) in [5.41, 5.74) is 0.330. The fourth-order valence-corrected chi connectivity index (χ4v) is 4.39. The highest BCUT2D eigenvalue weighted by atomic mass is 32.2. The van der Waals surface area contributed by atoms with Gasteiger partial charge in [-0.05, 0) is 72.4 Å². The molecule has 0 saturated heterocycles. The van der Waals surface area contributed by atoms with Crippen molar-refractivity contribution in [3.63, 3.8) is 0 Å². The van der Waals surface area contributed by atoms with Gasteiger partial charge in [-0.2, -0.15) is 8.42 Å². The maximum absolute atomic E-state index is 12.8. The first-order valence-corrected chi connectivity index (χ1v) is 12.2. The highest BCUT2D eigenvalue weighted by Crippen LogP contribution is 2.33. The number of allylic oxidation sites excluding steroid dienone is 1. The van der Waals surface area contributed by atoms with Crippen molar-refractivity contribution >= 4 is 22.2 Å².